The highest BCUT2D eigenvalue weighted by Crippen LogP contribution is 2.19. The summed E-state index contributed by atoms with van der Waals surface area (Å²) in [6.07, 6.45) is -1.32. The number of carbonyl (C=O) groups excluding carboxylic acids is 1. The van der Waals surface area contributed by atoms with Gasteiger partial charge in [0.15, 0.2) is 0 Å². The van der Waals surface area contributed by atoms with Crippen molar-refractivity contribution in [1.29, 1.82) is 0 Å². The summed E-state index contributed by atoms with van der Waals surface area (Å²) < 4.78 is 23.6. The molecule has 0 radical (unpaired) electrons. The number of cyclic esters (lactones) is 1. The summed E-state index contributed by atoms with van der Waals surface area (Å²) in [6.45, 7) is 3.15. The first-order valence-corrected chi connectivity index (χ1v) is 9.56. The van der Waals surface area contributed by atoms with E-state index >= 15 is 0 Å². The molecule has 150 valence electrons. The molecular formula is C22H28NO5+. The van der Waals surface area contributed by atoms with Crippen molar-refractivity contribution in [2.45, 2.75) is 44.5 Å². The van der Waals surface area contributed by atoms with E-state index in [4.69, 9.17) is 18.9 Å². The Morgan fingerprint density at radius 1 is 0.929 bits per heavy atom. The van der Waals surface area contributed by atoms with Crippen LogP contribution >= 0.6 is 0 Å². The Balaban J connectivity index is 1.72. The summed E-state index contributed by atoms with van der Waals surface area (Å²) in [5.41, 5.74) is 5.91. The number of hydrogen-bond acceptors (Lipinski definition) is 5. The second-order valence-corrected chi connectivity index (χ2v) is 6.97. The SMILES string of the molecule is C[C@@H]1OC(=O)[C@@H]([NH3+])COC[C@H](OCc2ccccc2)[C@H]1OCc1ccccc1. The first-order chi connectivity index (χ1) is 13.6. The molecule has 6 heteroatoms. The van der Waals surface area contributed by atoms with Gasteiger partial charge in [-0.2, -0.15) is 0 Å². The van der Waals surface area contributed by atoms with E-state index < -0.39 is 18.2 Å². The Morgan fingerprint density at radius 3 is 2.11 bits per heavy atom. The van der Waals surface area contributed by atoms with Gasteiger partial charge in [-0.15, -0.1) is 0 Å². The molecular weight excluding hydrogens is 358 g/mol. The van der Waals surface area contributed by atoms with Gasteiger partial charge in [0.1, 0.15) is 24.9 Å². The molecule has 2 aromatic rings. The zero-order valence-corrected chi connectivity index (χ0v) is 16.2. The van der Waals surface area contributed by atoms with E-state index in [0.29, 0.717) is 19.8 Å². The second-order valence-electron chi connectivity index (χ2n) is 6.97. The highest BCUT2D eigenvalue weighted by Gasteiger charge is 2.35. The lowest BCUT2D eigenvalue weighted by Gasteiger charge is -2.30. The van der Waals surface area contributed by atoms with Gasteiger partial charge in [0.2, 0.25) is 6.04 Å². The van der Waals surface area contributed by atoms with Gasteiger partial charge in [0.05, 0.1) is 19.8 Å². The first-order valence-electron chi connectivity index (χ1n) is 9.56. The zero-order chi connectivity index (χ0) is 19.8. The predicted molar refractivity (Wildman–Crippen MR) is 103 cm³/mol. The van der Waals surface area contributed by atoms with Crippen LogP contribution in [0.1, 0.15) is 18.1 Å². The quantitative estimate of drug-likeness (QED) is 0.765. The molecule has 0 amide bonds. The van der Waals surface area contributed by atoms with Crippen LogP contribution in [0, 0.1) is 0 Å². The van der Waals surface area contributed by atoms with Gasteiger partial charge in [0, 0.05) is 0 Å². The fourth-order valence-electron chi connectivity index (χ4n) is 3.07. The van der Waals surface area contributed by atoms with E-state index in [9.17, 15) is 4.79 Å². The van der Waals surface area contributed by atoms with Crippen molar-refractivity contribution in [3.05, 3.63) is 71.8 Å². The molecule has 0 saturated carbocycles. The summed E-state index contributed by atoms with van der Waals surface area (Å²) in [5.74, 6) is -0.385. The first kappa shape index (κ1) is 20.5. The number of esters is 1. The van der Waals surface area contributed by atoms with Gasteiger partial charge >= 0.3 is 5.97 Å². The van der Waals surface area contributed by atoms with E-state index in [1.165, 1.54) is 0 Å². The van der Waals surface area contributed by atoms with Crippen LogP contribution < -0.4 is 5.73 Å². The van der Waals surface area contributed by atoms with E-state index in [1.54, 1.807) is 0 Å². The molecule has 1 fully saturated rings. The van der Waals surface area contributed by atoms with Crippen LogP contribution in [0.2, 0.25) is 0 Å². The third-order valence-corrected chi connectivity index (χ3v) is 4.66. The van der Waals surface area contributed by atoms with Crippen molar-refractivity contribution in [2.24, 2.45) is 0 Å². The summed E-state index contributed by atoms with van der Waals surface area (Å²) in [6, 6.07) is 19.2. The standard InChI is InChI=1S/C22H27NO5/c1-16-21(27-13-18-10-6-3-7-11-18)20(15-25-14-19(23)22(24)28-16)26-12-17-8-4-2-5-9-17/h2-11,16,19-21H,12-15,23H2,1H3/p+1/t16-,19-,20-,21-/m0/s1. The minimum Gasteiger partial charge on any atom is -0.455 e. The van der Waals surface area contributed by atoms with E-state index in [2.05, 4.69) is 5.73 Å². The second kappa shape index (κ2) is 10.3. The minimum atomic E-state index is -0.565. The van der Waals surface area contributed by atoms with E-state index in [0.717, 1.165) is 11.1 Å². The third kappa shape index (κ3) is 5.87. The molecule has 1 aliphatic heterocycles. The number of quaternary nitrogens is 1. The summed E-state index contributed by atoms with van der Waals surface area (Å²) in [5, 5.41) is 0. The van der Waals surface area contributed by atoms with Crippen molar-refractivity contribution in [1.82, 2.24) is 0 Å². The van der Waals surface area contributed by atoms with E-state index in [1.807, 2.05) is 67.6 Å². The smallest absolute Gasteiger partial charge is 0.367 e. The van der Waals surface area contributed by atoms with Crippen LogP contribution in [0.25, 0.3) is 0 Å². The average Bonchev–Trinajstić information content (AvgIpc) is 2.76. The number of ether oxygens (including phenoxy) is 4. The number of rotatable bonds is 6. The van der Waals surface area contributed by atoms with Gasteiger partial charge in [-0.05, 0) is 18.1 Å². The van der Waals surface area contributed by atoms with Crippen molar-refractivity contribution in [3.8, 4) is 0 Å². The molecule has 28 heavy (non-hydrogen) atoms. The normalized spacial score (nSPS) is 26.0. The Morgan fingerprint density at radius 2 is 1.50 bits per heavy atom. The fraction of sp³-hybridized carbons (Fsp3) is 0.409. The average molecular weight is 386 g/mol. The molecule has 2 aromatic carbocycles. The van der Waals surface area contributed by atoms with Gasteiger partial charge in [-0.3, -0.25) is 0 Å². The van der Waals surface area contributed by atoms with Gasteiger partial charge in [0.25, 0.3) is 0 Å². The van der Waals surface area contributed by atoms with Crippen LogP contribution in [0.5, 0.6) is 0 Å². The number of carbonyl (C=O) groups is 1. The Kier molecular flexibility index (Phi) is 7.56. The highest BCUT2D eigenvalue weighted by molar-refractivity contribution is 5.74. The van der Waals surface area contributed by atoms with Crippen molar-refractivity contribution < 1.29 is 29.5 Å². The Hall–Kier alpha value is -2.25. The molecule has 3 rings (SSSR count). The summed E-state index contributed by atoms with van der Waals surface area (Å²) >= 11 is 0. The minimum absolute atomic E-state index is 0.197. The lowest BCUT2D eigenvalue weighted by molar-refractivity contribution is -0.415. The van der Waals surface area contributed by atoms with Gasteiger partial charge in [-0.1, -0.05) is 60.7 Å². The van der Waals surface area contributed by atoms with Gasteiger partial charge in [-0.25, -0.2) is 4.79 Å². The molecule has 0 spiro atoms. The maximum atomic E-state index is 12.2. The molecule has 0 aromatic heterocycles. The van der Waals surface area contributed by atoms with Crippen LogP contribution in [0.15, 0.2) is 60.7 Å². The molecule has 3 N–H and O–H groups in total. The van der Waals surface area contributed by atoms with Crippen LogP contribution in [-0.2, 0) is 37.0 Å². The third-order valence-electron chi connectivity index (χ3n) is 4.66. The molecule has 6 nitrogen and oxygen atoms in total. The molecule has 1 heterocycles. The fourth-order valence-corrected chi connectivity index (χ4v) is 3.07. The molecule has 0 aliphatic carbocycles. The van der Waals surface area contributed by atoms with Gasteiger partial charge < -0.3 is 24.7 Å². The highest BCUT2D eigenvalue weighted by atomic mass is 16.6. The molecule has 1 saturated heterocycles. The number of hydrogen-bond donors (Lipinski definition) is 1. The lowest BCUT2D eigenvalue weighted by atomic mass is 10.1. The summed E-state index contributed by atoms with van der Waals surface area (Å²) in [7, 11) is 0. The molecule has 1 aliphatic rings. The molecule has 0 unspecified atom stereocenters. The van der Waals surface area contributed by atoms with Crippen molar-refractivity contribution in [3.63, 3.8) is 0 Å². The molecule has 4 atom stereocenters. The largest absolute Gasteiger partial charge is 0.455 e. The number of benzene rings is 2. The monoisotopic (exact) mass is 386 g/mol. The van der Waals surface area contributed by atoms with Crippen LogP contribution in [0.3, 0.4) is 0 Å². The van der Waals surface area contributed by atoms with Crippen LogP contribution in [-0.4, -0.2) is 43.5 Å². The Bertz CT molecular complexity index is 724. The Labute approximate surface area is 165 Å². The topological polar surface area (TPSA) is 81.6 Å². The van der Waals surface area contributed by atoms with Crippen LogP contribution in [0.4, 0.5) is 0 Å². The lowest BCUT2D eigenvalue weighted by Crippen LogP contribution is -2.67. The maximum absolute atomic E-state index is 12.2. The van der Waals surface area contributed by atoms with Crippen molar-refractivity contribution >= 4 is 5.97 Å². The predicted octanol–water partition coefficient (Wildman–Crippen LogP) is 1.73. The summed E-state index contributed by atoms with van der Waals surface area (Å²) in [4.78, 5) is 12.2. The maximum Gasteiger partial charge on any atom is 0.367 e. The molecule has 0 bridgehead atoms. The van der Waals surface area contributed by atoms with Crippen molar-refractivity contribution in [2.75, 3.05) is 13.2 Å². The van der Waals surface area contributed by atoms with E-state index in [-0.39, 0.29) is 18.7 Å². The zero-order valence-electron chi connectivity index (χ0n) is 16.2.